The number of nitro groups is 1. The number of amides is 1. The van der Waals surface area contributed by atoms with Gasteiger partial charge in [-0.05, 0) is 24.9 Å². The van der Waals surface area contributed by atoms with Gasteiger partial charge in [-0.3, -0.25) is 19.8 Å². The summed E-state index contributed by atoms with van der Waals surface area (Å²) < 4.78 is 5.09. The van der Waals surface area contributed by atoms with E-state index in [1.807, 2.05) is 0 Å². The second kappa shape index (κ2) is 6.53. The molecule has 1 atom stereocenters. The van der Waals surface area contributed by atoms with E-state index < -0.39 is 4.92 Å². The number of non-ortho nitro benzene ring substituents is 1. The zero-order valence-corrected chi connectivity index (χ0v) is 12.2. The van der Waals surface area contributed by atoms with Gasteiger partial charge in [-0.2, -0.15) is 0 Å². The molecule has 0 saturated carbocycles. The van der Waals surface area contributed by atoms with Gasteiger partial charge in [0.1, 0.15) is 5.75 Å². The predicted molar refractivity (Wildman–Crippen MR) is 78.5 cm³/mol. The maximum absolute atomic E-state index is 12.0. The van der Waals surface area contributed by atoms with Gasteiger partial charge in [0, 0.05) is 12.6 Å². The number of benzene rings is 1. The van der Waals surface area contributed by atoms with Crippen LogP contribution in [0.4, 0.5) is 11.4 Å². The zero-order valence-electron chi connectivity index (χ0n) is 12.2. The maximum atomic E-state index is 12.0. The molecule has 0 bridgehead atoms. The Morgan fingerprint density at radius 2 is 2.33 bits per heavy atom. The molecule has 1 fully saturated rings. The van der Waals surface area contributed by atoms with Gasteiger partial charge in [0.25, 0.3) is 5.69 Å². The molecule has 7 nitrogen and oxygen atoms in total. The summed E-state index contributed by atoms with van der Waals surface area (Å²) in [5, 5.41) is 13.5. The van der Waals surface area contributed by atoms with E-state index in [9.17, 15) is 14.9 Å². The van der Waals surface area contributed by atoms with Crippen molar-refractivity contribution in [2.75, 3.05) is 32.1 Å². The summed E-state index contributed by atoms with van der Waals surface area (Å²) in [6.45, 7) is 4.33. The van der Waals surface area contributed by atoms with Gasteiger partial charge in [-0.1, -0.05) is 6.92 Å². The molecular formula is C14H19N3O4. The molecule has 1 N–H and O–H groups in total. The van der Waals surface area contributed by atoms with Crippen LogP contribution in [0.15, 0.2) is 18.2 Å². The fourth-order valence-electron chi connectivity index (χ4n) is 2.46. The number of methoxy groups -OCH3 is 1. The summed E-state index contributed by atoms with van der Waals surface area (Å²) in [7, 11) is 1.41. The SMILES string of the molecule is COc1cc([N+](=O)[O-])ccc1NC(=O)CN1CC[C@@H](C)C1. The summed E-state index contributed by atoms with van der Waals surface area (Å²) >= 11 is 0. The number of carbonyl (C=O) groups excluding carboxylic acids is 1. The van der Waals surface area contributed by atoms with Crippen molar-refractivity contribution in [2.24, 2.45) is 5.92 Å². The van der Waals surface area contributed by atoms with E-state index in [4.69, 9.17) is 4.74 Å². The van der Waals surface area contributed by atoms with Crippen LogP contribution in [0.2, 0.25) is 0 Å². The largest absolute Gasteiger partial charge is 0.494 e. The van der Waals surface area contributed by atoms with E-state index in [-0.39, 0.29) is 17.3 Å². The average molecular weight is 293 g/mol. The third-order valence-electron chi connectivity index (χ3n) is 3.55. The first-order valence-electron chi connectivity index (χ1n) is 6.84. The van der Waals surface area contributed by atoms with E-state index in [0.29, 0.717) is 18.2 Å². The molecule has 1 aromatic carbocycles. The zero-order chi connectivity index (χ0) is 15.4. The van der Waals surface area contributed by atoms with Crippen molar-refractivity contribution in [3.05, 3.63) is 28.3 Å². The number of hydrogen-bond donors (Lipinski definition) is 1. The molecule has 21 heavy (non-hydrogen) atoms. The van der Waals surface area contributed by atoms with E-state index in [2.05, 4.69) is 17.1 Å². The minimum Gasteiger partial charge on any atom is -0.494 e. The van der Waals surface area contributed by atoms with E-state index in [1.165, 1.54) is 25.3 Å². The molecule has 7 heteroatoms. The molecule has 1 aromatic rings. The summed E-state index contributed by atoms with van der Waals surface area (Å²) in [6, 6.07) is 4.13. The highest BCUT2D eigenvalue weighted by atomic mass is 16.6. The first-order chi connectivity index (χ1) is 9.99. The Morgan fingerprint density at radius 1 is 1.57 bits per heavy atom. The van der Waals surface area contributed by atoms with Gasteiger partial charge in [-0.15, -0.1) is 0 Å². The lowest BCUT2D eigenvalue weighted by Gasteiger charge is -2.15. The van der Waals surface area contributed by atoms with Crippen LogP contribution < -0.4 is 10.1 Å². The fraction of sp³-hybridized carbons (Fsp3) is 0.500. The van der Waals surface area contributed by atoms with Gasteiger partial charge in [-0.25, -0.2) is 0 Å². The molecule has 0 aromatic heterocycles. The Balaban J connectivity index is 2.01. The number of anilines is 1. The van der Waals surface area contributed by atoms with Crippen LogP contribution in [-0.4, -0.2) is 42.5 Å². The lowest BCUT2D eigenvalue weighted by Crippen LogP contribution is -2.31. The van der Waals surface area contributed by atoms with E-state index >= 15 is 0 Å². The third-order valence-corrected chi connectivity index (χ3v) is 3.55. The number of nitrogens with zero attached hydrogens (tertiary/aromatic N) is 2. The Labute approximate surface area is 123 Å². The van der Waals surface area contributed by atoms with Crippen LogP contribution >= 0.6 is 0 Å². The minimum atomic E-state index is -0.500. The molecule has 2 rings (SSSR count). The molecule has 1 heterocycles. The molecule has 1 aliphatic heterocycles. The van der Waals surface area contributed by atoms with Crippen molar-refractivity contribution in [1.82, 2.24) is 4.90 Å². The monoisotopic (exact) mass is 293 g/mol. The second-order valence-electron chi connectivity index (χ2n) is 5.32. The number of nitro benzene ring substituents is 1. The molecule has 1 saturated heterocycles. The normalized spacial score (nSPS) is 18.5. The van der Waals surface area contributed by atoms with Gasteiger partial charge in [0.05, 0.1) is 30.3 Å². The van der Waals surface area contributed by atoms with Crippen molar-refractivity contribution in [1.29, 1.82) is 0 Å². The number of rotatable bonds is 5. The number of nitrogens with one attached hydrogen (secondary N) is 1. The van der Waals surface area contributed by atoms with Crippen LogP contribution in [0, 0.1) is 16.0 Å². The highest BCUT2D eigenvalue weighted by Gasteiger charge is 2.21. The summed E-state index contributed by atoms with van der Waals surface area (Å²) in [5.41, 5.74) is 0.374. The van der Waals surface area contributed by atoms with Gasteiger partial charge in [0.2, 0.25) is 5.91 Å². The first-order valence-corrected chi connectivity index (χ1v) is 6.84. The number of carbonyl (C=O) groups is 1. The van der Waals surface area contributed by atoms with Gasteiger partial charge in [0.15, 0.2) is 0 Å². The molecule has 1 aliphatic rings. The van der Waals surface area contributed by atoms with Crippen LogP contribution in [0.3, 0.4) is 0 Å². The molecule has 0 spiro atoms. The fourth-order valence-corrected chi connectivity index (χ4v) is 2.46. The number of ether oxygens (including phenoxy) is 1. The number of hydrogen-bond acceptors (Lipinski definition) is 5. The molecule has 114 valence electrons. The Morgan fingerprint density at radius 3 is 2.90 bits per heavy atom. The second-order valence-corrected chi connectivity index (χ2v) is 5.32. The van der Waals surface area contributed by atoms with Crippen molar-refractivity contribution >= 4 is 17.3 Å². The lowest BCUT2D eigenvalue weighted by atomic mass is 10.2. The smallest absolute Gasteiger partial charge is 0.273 e. The van der Waals surface area contributed by atoms with E-state index in [1.54, 1.807) is 0 Å². The van der Waals surface area contributed by atoms with Crippen molar-refractivity contribution in [2.45, 2.75) is 13.3 Å². The Kier molecular flexibility index (Phi) is 4.74. The molecule has 0 aliphatic carbocycles. The highest BCUT2D eigenvalue weighted by Crippen LogP contribution is 2.29. The summed E-state index contributed by atoms with van der Waals surface area (Å²) in [4.78, 5) is 24.3. The Hall–Kier alpha value is -2.15. The minimum absolute atomic E-state index is 0.0711. The van der Waals surface area contributed by atoms with Crippen LogP contribution in [-0.2, 0) is 4.79 Å². The predicted octanol–water partition coefficient (Wildman–Crippen LogP) is 1.88. The van der Waals surface area contributed by atoms with Crippen molar-refractivity contribution < 1.29 is 14.5 Å². The maximum Gasteiger partial charge on any atom is 0.273 e. The van der Waals surface area contributed by atoms with Crippen molar-refractivity contribution in [3.63, 3.8) is 0 Å². The quantitative estimate of drug-likeness (QED) is 0.662. The van der Waals surface area contributed by atoms with Crippen LogP contribution in [0.25, 0.3) is 0 Å². The molecule has 1 amide bonds. The van der Waals surface area contributed by atoms with Crippen molar-refractivity contribution in [3.8, 4) is 5.75 Å². The standard InChI is InChI=1S/C14H19N3O4/c1-10-5-6-16(8-10)9-14(18)15-12-4-3-11(17(19)20)7-13(12)21-2/h3-4,7,10H,5-6,8-9H2,1-2H3,(H,15,18)/t10-/m1/s1. The highest BCUT2D eigenvalue weighted by molar-refractivity contribution is 5.93. The molecular weight excluding hydrogens is 274 g/mol. The van der Waals surface area contributed by atoms with Gasteiger partial charge < -0.3 is 10.1 Å². The topological polar surface area (TPSA) is 84.7 Å². The molecule has 0 unspecified atom stereocenters. The average Bonchev–Trinajstić information content (AvgIpc) is 2.84. The van der Waals surface area contributed by atoms with Crippen LogP contribution in [0.5, 0.6) is 5.75 Å². The lowest BCUT2D eigenvalue weighted by molar-refractivity contribution is -0.384. The van der Waals surface area contributed by atoms with Gasteiger partial charge >= 0.3 is 0 Å². The first kappa shape index (κ1) is 15.2. The summed E-state index contributed by atoms with van der Waals surface area (Å²) in [6.07, 6.45) is 1.11. The van der Waals surface area contributed by atoms with Crippen LogP contribution in [0.1, 0.15) is 13.3 Å². The van der Waals surface area contributed by atoms with E-state index in [0.717, 1.165) is 19.5 Å². The third kappa shape index (κ3) is 3.91. The number of likely N-dealkylation sites (tertiary alicyclic amines) is 1. The summed E-state index contributed by atoms with van der Waals surface area (Å²) in [5.74, 6) is 0.760. The Bertz CT molecular complexity index is 547. The molecule has 0 radical (unpaired) electrons.